The molecule has 0 radical (unpaired) electrons. The highest BCUT2D eigenvalue weighted by atomic mass is 16.5. The second-order valence-electron chi connectivity index (χ2n) is 17.1. The van der Waals surface area contributed by atoms with Crippen LogP contribution in [0.4, 0.5) is 0 Å². The third-order valence-electron chi connectivity index (χ3n) is 11.1. The lowest BCUT2D eigenvalue weighted by atomic mass is 9.82. The molecule has 0 aliphatic carbocycles. The van der Waals surface area contributed by atoms with Gasteiger partial charge in [-0.15, -0.1) is 0 Å². The second-order valence-corrected chi connectivity index (χ2v) is 17.1. The summed E-state index contributed by atoms with van der Waals surface area (Å²) in [4.78, 5) is 27.6. The van der Waals surface area contributed by atoms with Crippen molar-refractivity contribution in [1.82, 2.24) is 4.90 Å². The average Bonchev–Trinajstić information content (AvgIpc) is 3.14. The molecule has 0 heterocycles. The molecule has 0 saturated carbocycles. The highest BCUT2D eigenvalue weighted by Crippen LogP contribution is 2.30. The van der Waals surface area contributed by atoms with Gasteiger partial charge in [0.15, 0.2) is 0 Å². The maximum atomic E-state index is 13.0. The van der Waals surface area contributed by atoms with E-state index in [1.165, 1.54) is 128 Å². The fourth-order valence-electron chi connectivity index (χ4n) is 7.40. The highest BCUT2D eigenvalue weighted by Gasteiger charge is 2.21. The number of nitrogens with zero attached hydrogens (tertiary/aromatic N) is 1. The zero-order valence-electron chi connectivity index (χ0n) is 36.5. The van der Waals surface area contributed by atoms with E-state index in [2.05, 4.69) is 39.5 Å². The van der Waals surface area contributed by atoms with Crippen molar-refractivity contribution >= 4 is 11.9 Å². The first-order chi connectivity index (χ1) is 25.8. The lowest BCUT2D eigenvalue weighted by molar-refractivity contribution is -0.150. The molecule has 316 valence electrons. The van der Waals surface area contributed by atoms with Gasteiger partial charge in [-0.3, -0.25) is 9.59 Å². The number of esters is 2. The Kier molecular flexibility index (Phi) is 38.3. The molecule has 0 aliphatic heterocycles. The van der Waals surface area contributed by atoms with Crippen LogP contribution < -0.4 is 0 Å². The van der Waals surface area contributed by atoms with E-state index in [1.54, 1.807) is 0 Å². The lowest BCUT2D eigenvalue weighted by Crippen LogP contribution is -2.28. The second kappa shape index (κ2) is 39.1. The fourth-order valence-corrected chi connectivity index (χ4v) is 7.40. The first-order valence-corrected chi connectivity index (χ1v) is 23.5. The zero-order chi connectivity index (χ0) is 39.1. The lowest BCUT2D eigenvalue weighted by Gasteiger charge is -2.26. The van der Waals surface area contributed by atoms with E-state index >= 15 is 0 Å². The Hall–Kier alpha value is -1.14. The smallest absolute Gasteiger partial charge is 0.306 e. The molecule has 0 aliphatic rings. The number of carbonyl (C=O) groups is 2. The largest absolute Gasteiger partial charge is 0.466 e. The molecule has 0 aromatic heterocycles. The molecule has 0 aromatic rings. The monoisotopic (exact) mass is 752 g/mol. The Morgan fingerprint density at radius 3 is 1.51 bits per heavy atom. The first kappa shape index (κ1) is 51.9. The molecule has 0 spiro atoms. The highest BCUT2D eigenvalue weighted by molar-refractivity contribution is 5.69. The minimum Gasteiger partial charge on any atom is -0.466 e. The van der Waals surface area contributed by atoms with Gasteiger partial charge in [-0.25, -0.2) is 0 Å². The predicted octanol–water partition coefficient (Wildman–Crippen LogP) is 13.7. The summed E-state index contributed by atoms with van der Waals surface area (Å²) < 4.78 is 11.6. The Morgan fingerprint density at radius 2 is 0.962 bits per heavy atom. The van der Waals surface area contributed by atoms with Crippen LogP contribution in [0, 0.1) is 5.41 Å². The third-order valence-corrected chi connectivity index (χ3v) is 11.1. The van der Waals surface area contributed by atoms with Crippen LogP contribution >= 0.6 is 0 Å². The van der Waals surface area contributed by atoms with Crippen molar-refractivity contribution < 1.29 is 24.2 Å². The minimum absolute atomic E-state index is 0.00829. The summed E-state index contributed by atoms with van der Waals surface area (Å²) in [6, 6.07) is 0. The van der Waals surface area contributed by atoms with Crippen LogP contribution in [0.3, 0.4) is 0 Å². The maximum absolute atomic E-state index is 13.0. The molecular weight excluding hydrogens is 659 g/mol. The predicted molar refractivity (Wildman–Crippen MR) is 228 cm³/mol. The van der Waals surface area contributed by atoms with Gasteiger partial charge in [-0.2, -0.15) is 0 Å². The molecular formula is C47H93NO5. The van der Waals surface area contributed by atoms with Gasteiger partial charge >= 0.3 is 11.9 Å². The normalized spacial score (nSPS) is 11.9. The number of carbonyl (C=O) groups excluding carboxylic acids is 2. The maximum Gasteiger partial charge on any atom is 0.306 e. The summed E-state index contributed by atoms with van der Waals surface area (Å²) in [6.45, 7) is 15.3. The van der Waals surface area contributed by atoms with Gasteiger partial charge in [0.05, 0.1) is 6.61 Å². The molecule has 0 atom stereocenters. The molecule has 0 saturated heterocycles. The summed E-state index contributed by atoms with van der Waals surface area (Å²) in [6.07, 6.45) is 37.9. The van der Waals surface area contributed by atoms with Gasteiger partial charge in [0.2, 0.25) is 0 Å². The molecule has 6 heteroatoms. The Balaban J connectivity index is 4.27. The van der Waals surface area contributed by atoms with Crippen molar-refractivity contribution in [3.8, 4) is 0 Å². The van der Waals surface area contributed by atoms with Crippen LogP contribution in [0.25, 0.3) is 0 Å². The molecule has 0 bridgehead atoms. The zero-order valence-corrected chi connectivity index (χ0v) is 36.5. The summed E-state index contributed by atoms with van der Waals surface area (Å²) in [5.41, 5.74) is 0.128. The molecule has 1 N–H and O–H groups in total. The molecule has 0 amide bonds. The van der Waals surface area contributed by atoms with Crippen LogP contribution in [-0.4, -0.2) is 60.9 Å². The quantitative estimate of drug-likeness (QED) is 0.0494. The minimum atomic E-state index is -0.0273. The summed E-state index contributed by atoms with van der Waals surface area (Å²) >= 11 is 0. The standard InChI is InChI=1S/C47H93NO5/c1-6-9-12-15-18-24-31-43-52-45(50)35-27-22-19-23-29-39-48(41-32-42-49)40-30-28-37-47(4,5)38-36-46(51)53-44(33-25-20-16-13-10-7-2)34-26-21-17-14-11-8-3/h44,49H,6-43H2,1-5H3. The van der Waals surface area contributed by atoms with E-state index in [1.807, 2.05) is 0 Å². The van der Waals surface area contributed by atoms with Gasteiger partial charge in [0, 0.05) is 26.0 Å². The Morgan fingerprint density at radius 1 is 0.509 bits per heavy atom. The van der Waals surface area contributed by atoms with Crippen molar-refractivity contribution in [2.75, 3.05) is 32.8 Å². The average molecular weight is 752 g/mol. The summed E-state index contributed by atoms with van der Waals surface area (Å²) in [5.74, 6) is -0.0190. The SMILES string of the molecule is CCCCCCCCCOC(=O)CCCCCCCN(CCCO)CCCCC(C)(C)CCC(=O)OC(CCCCCCCC)CCCCCCCC. The van der Waals surface area contributed by atoms with Gasteiger partial charge in [-0.05, 0) is 89.1 Å². The molecule has 0 fully saturated rings. The van der Waals surface area contributed by atoms with E-state index in [9.17, 15) is 14.7 Å². The number of unbranched alkanes of at least 4 members (excludes halogenated alkanes) is 21. The Bertz CT molecular complexity index is 771. The van der Waals surface area contributed by atoms with Crippen LogP contribution in [0.2, 0.25) is 0 Å². The van der Waals surface area contributed by atoms with E-state index in [0.29, 0.717) is 19.4 Å². The number of hydrogen-bond acceptors (Lipinski definition) is 6. The van der Waals surface area contributed by atoms with Crippen molar-refractivity contribution in [2.45, 2.75) is 253 Å². The van der Waals surface area contributed by atoms with Crippen molar-refractivity contribution in [3.63, 3.8) is 0 Å². The van der Waals surface area contributed by atoms with E-state index in [-0.39, 0.29) is 30.1 Å². The van der Waals surface area contributed by atoms with Gasteiger partial charge in [0.25, 0.3) is 0 Å². The molecule has 0 rings (SSSR count). The van der Waals surface area contributed by atoms with Crippen LogP contribution in [0.1, 0.15) is 247 Å². The summed E-state index contributed by atoms with van der Waals surface area (Å²) in [7, 11) is 0. The topological polar surface area (TPSA) is 76.1 Å². The molecule has 0 unspecified atom stereocenters. The molecule has 6 nitrogen and oxygen atoms in total. The number of aliphatic hydroxyl groups is 1. The van der Waals surface area contributed by atoms with E-state index in [4.69, 9.17) is 9.47 Å². The third kappa shape index (κ3) is 37.6. The Labute approximate surface area is 331 Å². The van der Waals surface area contributed by atoms with Crippen LogP contribution in [0.5, 0.6) is 0 Å². The van der Waals surface area contributed by atoms with Gasteiger partial charge in [-0.1, -0.05) is 163 Å². The van der Waals surface area contributed by atoms with Crippen molar-refractivity contribution in [3.05, 3.63) is 0 Å². The van der Waals surface area contributed by atoms with E-state index in [0.717, 1.165) is 90.3 Å². The van der Waals surface area contributed by atoms with Crippen LogP contribution in [0.15, 0.2) is 0 Å². The van der Waals surface area contributed by atoms with Gasteiger partial charge < -0.3 is 19.5 Å². The first-order valence-electron chi connectivity index (χ1n) is 23.5. The number of aliphatic hydroxyl groups excluding tert-OH is 1. The molecule has 53 heavy (non-hydrogen) atoms. The molecule has 0 aromatic carbocycles. The fraction of sp³-hybridized carbons (Fsp3) is 0.957. The number of rotatable bonds is 42. The van der Waals surface area contributed by atoms with Crippen LogP contribution in [-0.2, 0) is 19.1 Å². The van der Waals surface area contributed by atoms with Gasteiger partial charge in [0.1, 0.15) is 6.10 Å². The number of hydrogen-bond donors (Lipinski definition) is 1. The van der Waals surface area contributed by atoms with Crippen molar-refractivity contribution in [1.29, 1.82) is 0 Å². The summed E-state index contributed by atoms with van der Waals surface area (Å²) in [5, 5.41) is 9.45. The van der Waals surface area contributed by atoms with Crippen molar-refractivity contribution in [2.24, 2.45) is 5.41 Å². The number of ether oxygens (including phenoxy) is 2. The van der Waals surface area contributed by atoms with E-state index < -0.39 is 0 Å².